The number of carbonyl (C=O) groups is 1. The molecule has 172 valence electrons. The second kappa shape index (κ2) is 9.77. The zero-order valence-electron chi connectivity index (χ0n) is 19.0. The fourth-order valence-corrected chi connectivity index (χ4v) is 4.95. The zero-order valence-corrected chi connectivity index (χ0v) is 19.8. The van der Waals surface area contributed by atoms with E-state index in [-0.39, 0.29) is 10.8 Å². The molecule has 1 aliphatic rings. The van der Waals surface area contributed by atoms with Crippen molar-refractivity contribution in [3.63, 3.8) is 0 Å². The van der Waals surface area contributed by atoms with E-state index in [9.17, 15) is 13.2 Å². The number of carbonyl (C=O) groups excluding carboxylic acids is 1. The van der Waals surface area contributed by atoms with Crippen LogP contribution in [0, 0.1) is 13.8 Å². The molecule has 0 radical (unpaired) electrons. The van der Waals surface area contributed by atoms with Gasteiger partial charge in [0.05, 0.1) is 4.90 Å². The molecule has 1 amide bonds. The number of amides is 1. The quantitative estimate of drug-likeness (QED) is 0.520. The number of hydrogen-bond donors (Lipinski definition) is 2. The van der Waals surface area contributed by atoms with Crippen LogP contribution in [0.25, 0.3) is 0 Å². The summed E-state index contributed by atoms with van der Waals surface area (Å²) in [6.45, 7) is 7.09. The lowest BCUT2D eigenvalue weighted by atomic mass is 10.1. The Kier molecular flexibility index (Phi) is 6.81. The molecule has 0 atom stereocenters. The number of rotatable bonds is 7. The third-order valence-corrected chi connectivity index (χ3v) is 7.40. The van der Waals surface area contributed by atoms with E-state index in [0.717, 1.165) is 30.8 Å². The Balaban J connectivity index is 1.38. The van der Waals surface area contributed by atoms with Crippen molar-refractivity contribution in [1.82, 2.24) is 4.90 Å². The van der Waals surface area contributed by atoms with Crippen molar-refractivity contribution in [2.45, 2.75) is 38.1 Å². The predicted octanol–water partition coefficient (Wildman–Crippen LogP) is 4.95. The van der Waals surface area contributed by atoms with E-state index >= 15 is 0 Å². The number of sulfonamides is 1. The van der Waals surface area contributed by atoms with Gasteiger partial charge in [0.1, 0.15) is 0 Å². The van der Waals surface area contributed by atoms with Gasteiger partial charge in [0, 0.05) is 23.5 Å². The van der Waals surface area contributed by atoms with Crippen LogP contribution in [0.1, 0.15) is 39.9 Å². The van der Waals surface area contributed by atoms with Crippen LogP contribution in [0.5, 0.6) is 0 Å². The predicted molar refractivity (Wildman–Crippen MR) is 132 cm³/mol. The maximum atomic E-state index is 12.7. The van der Waals surface area contributed by atoms with Crippen molar-refractivity contribution in [2.24, 2.45) is 0 Å². The van der Waals surface area contributed by atoms with Gasteiger partial charge in [-0.1, -0.05) is 18.2 Å². The van der Waals surface area contributed by atoms with Crippen LogP contribution in [-0.4, -0.2) is 32.3 Å². The number of nitrogens with one attached hydrogen (secondary N) is 2. The van der Waals surface area contributed by atoms with Crippen molar-refractivity contribution in [2.75, 3.05) is 23.1 Å². The molecule has 33 heavy (non-hydrogen) atoms. The Bertz CT molecular complexity index is 1230. The van der Waals surface area contributed by atoms with Crippen LogP contribution in [0.3, 0.4) is 0 Å². The molecule has 0 aliphatic carbocycles. The first-order valence-corrected chi connectivity index (χ1v) is 12.6. The molecule has 3 aromatic carbocycles. The Morgan fingerprint density at radius 3 is 2.12 bits per heavy atom. The Labute approximate surface area is 195 Å². The number of anilines is 2. The van der Waals surface area contributed by atoms with E-state index in [1.54, 1.807) is 24.3 Å². The van der Waals surface area contributed by atoms with Gasteiger partial charge in [-0.2, -0.15) is 0 Å². The van der Waals surface area contributed by atoms with Crippen molar-refractivity contribution < 1.29 is 13.2 Å². The van der Waals surface area contributed by atoms with Gasteiger partial charge in [-0.3, -0.25) is 14.4 Å². The summed E-state index contributed by atoms with van der Waals surface area (Å²) in [5.74, 6) is -0.230. The smallest absolute Gasteiger partial charge is 0.261 e. The van der Waals surface area contributed by atoms with Gasteiger partial charge in [-0.15, -0.1) is 0 Å². The van der Waals surface area contributed by atoms with Gasteiger partial charge in [-0.25, -0.2) is 8.42 Å². The molecule has 0 bridgehead atoms. The summed E-state index contributed by atoms with van der Waals surface area (Å²) in [4.78, 5) is 15.1. The van der Waals surface area contributed by atoms with Gasteiger partial charge in [-0.05, 0) is 105 Å². The van der Waals surface area contributed by atoms with E-state index in [1.165, 1.54) is 30.5 Å². The minimum atomic E-state index is -3.72. The molecule has 3 aromatic rings. The highest BCUT2D eigenvalue weighted by Gasteiger charge is 2.16. The monoisotopic (exact) mass is 463 g/mol. The normalized spacial score (nSPS) is 14.2. The van der Waals surface area contributed by atoms with Gasteiger partial charge in [0.15, 0.2) is 0 Å². The SMILES string of the molecule is Cc1ccc(NS(=O)(=O)c2ccc(NC(=O)c3ccc(CN4CCCC4)cc3)cc2)cc1C. The fraction of sp³-hybridized carbons (Fsp3) is 0.269. The number of likely N-dealkylation sites (tertiary alicyclic amines) is 1. The van der Waals surface area contributed by atoms with Crippen molar-refractivity contribution in [3.05, 3.63) is 89.0 Å². The van der Waals surface area contributed by atoms with Crippen LogP contribution in [0.4, 0.5) is 11.4 Å². The summed E-state index contributed by atoms with van der Waals surface area (Å²) in [7, 11) is -3.72. The summed E-state index contributed by atoms with van der Waals surface area (Å²) in [6, 6.07) is 19.2. The van der Waals surface area contributed by atoms with E-state index in [2.05, 4.69) is 14.9 Å². The fourth-order valence-electron chi connectivity index (χ4n) is 3.90. The lowest BCUT2D eigenvalue weighted by Gasteiger charge is -2.14. The van der Waals surface area contributed by atoms with Crippen molar-refractivity contribution >= 4 is 27.3 Å². The lowest BCUT2D eigenvalue weighted by Crippen LogP contribution is -2.18. The first-order chi connectivity index (χ1) is 15.8. The summed E-state index contributed by atoms with van der Waals surface area (Å²) in [5.41, 5.74) is 4.92. The number of benzene rings is 3. The summed E-state index contributed by atoms with van der Waals surface area (Å²) >= 11 is 0. The molecule has 1 heterocycles. The third kappa shape index (κ3) is 5.80. The number of hydrogen-bond acceptors (Lipinski definition) is 4. The highest BCUT2D eigenvalue weighted by Crippen LogP contribution is 2.21. The zero-order chi connectivity index (χ0) is 23.4. The van der Waals surface area contributed by atoms with E-state index < -0.39 is 10.0 Å². The second-order valence-electron chi connectivity index (χ2n) is 8.56. The molecule has 0 spiro atoms. The Morgan fingerprint density at radius 1 is 0.848 bits per heavy atom. The minimum absolute atomic E-state index is 0.130. The molecule has 6 nitrogen and oxygen atoms in total. The van der Waals surface area contributed by atoms with E-state index in [1.807, 2.05) is 44.2 Å². The molecular weight excluding hydrogens is 434 g/mol. The first kappa shape index (κ1) is 23.0. The highest BCUT2D eigenvalue weighted by molar-refractivity contribution is 7.92. The molecule has 4 rings (SSSR count). The van der Waals surface area contributed by atoms with E-state index in [0.29, 0.717) is 16.9 Å². The molecule has 1 fully saturated rings. The first-order valence-electron chi connectivity index (χ1n) is 11.1. The average Bonchev–Trinajstić information content (AvgIpc) is 3.30. The Morgan fingerprint density at radius 2 is 1.48 bits per heavy atom. The standard InChI is InChI=1S/C26H29N3O3S/c1-19-5-10-24(17-20(19)2)28-33(31,32)25-13-11-23(12-14-25)27-26(30)22-8-6-21(7-9-22)18-29-15-3-4-16-29/h5-14,17,28H,3-4,15-16,18H2,1-2H3,(H,27,30). The number of aryl methyl sites for hydroxylation is 2. The van der Waals surface area contributed by atoms with Crippen LogP contribution >= 0.6 is 0 Å². The molecule has 7 heteroatoms. The van der Waals surface area contributed by atoms with Crippen LogP contribution in [0.15, 0.2) is 71.6 Å². The summed E-state index contributed by atoms with van der Waals surface area (Å²) in [6.07, 6.45) is 2.50. The maximum Gasteiger partial charge on any atom is 0.261 e. The molecule has 0 unspecified atom stereocenters. The molecule has 2 N–H and O–H groups in total. The molecular formula is C26H29N3O3S. The van der Waals surface area contributed by atoms with E-state index in [4.69, 9.17) is 0 Å². The lowest BCUT2D eigenvalue weighted by molar-refractivity contribution is 0.102. The largest absolute Gasteiger partial charge is 0.322 e. The van der Waals surface area contributed by atoms with Gasteiger partial charge in [0.2, 0.25) is 0 Å². The summed E-state index contributed by atoms with van der Waals surface area (Å²) < 4.78 is 28.0. The van der Waals surface area contributed by atoms with Crippen molar-refractivity contribution in [3.8, 4) is 0 Å². The van der Waals surface area contributed by atoms with Gasteiger partial charge >= 0.3 is 0 Å². The highest BCUT2D eigenvalue weighted by atomic mass is 32.2. The molecule has 0 aromatic heterocycles. The second-order valence-corrected chi connectivity index (χ2v) is 10.2. The Hall–Kier alpha value is -3.16. The summed E-state index contributed by atoms with van der Waals surface area (Å²) in [5, 5.41) is 2.83. The van der Waals surface area contributed by atoms with Crippen LogP contribution < -0.4 is 10.0 Å². The number of nitrogens with zero attached hydrogens (tertiary/aromatic N) is 1. The van der Waals surface area contributed by atoms with Crippen molar-refractivity contribution in [1.29, 1.82) is 0 Å². The van der Waals surface area contributed by atoms with Crippen LogP contribution in [0.2, 0.25) is 0 Å². The van der Waals surface area contributed by atoms with Gasteiger partial charge in [0.25, 0.3) is 15.9 Å². The molecule has 1 aliphatic heterocycles. The molecule has 0 saturated carbocycles. The molecule has 1 saturated heterocycles. The van der Waals surface area contributed by atoms with Crippen LogP contribution in [-0.2, 0) is 16.6 Å². The maximum absolute atomic E-state index is 12.7. The average molecular weight is 464 g/mol. The topological polar surface area (TPSA) is 78.5 Å². The minimum Gasteiger partial charge on any atom is -0.322 e. The van der Waals surface area contributed by atoms with Gasteiger partial charge < -0.3 is 5.32 Å². The third-order valence-electron chi connectivity index (χ3n) is 6.00.